The number of likely N-dealkylation sites (tertiary alicyclic amines) is 1. The lowest BCUT2D eigenvalue weighted by atomic mass is 9.70. The van der Waals surface area contributed by atoms with Gasteiger partial charge in [-0.15, -0.1) is 0 Å². The third-order valence-corrected chi connectivity index (χ3v) is 8.70. The van der Waals surface area contributed by atoms with Gasteiger partial charge in [0.2, 0.25) is 0 Å². The second-order valence-corrected chi connectivity index (χ2v) is 12.4. The third kappa shape index (κ3) is 4.31. The Morgan fingerprint density at radius 3 is 2.22 bits per heavy atom. The van der Waals surface area contributed by atoms with Gasteiger partial charge in [-0.2, -0.15) is 0 Å². The van der Waals surface area contributed by atoms with Gasteiger partial charge in [-0.3, -0.25) is 0 Å². The molecule has 0 spiro atoms. The molecule has 0 N–H and O–H groups in total. The zero-order valence-electron chi connectivity index (χ0n) is 23.1. The normalized spacial score (nSPS) is 24.1. The van der Waals surface area contributed by atoms with Crippen molar-refractivity contribution < 1.29 is 14.0 Å². The summed E-state index contributed by atoms with van der Waals surface area (Å²) in [5, 5.41) is 0. The van der Waals surface area contributed by atoms with Crippen LogP contribution in [0.15, 0.2) is 65.9 Å². The van der Waals surface area contributed by atoms with Crippen LogP contribution in [-0.2, 0) is 15.9 Å². The van der Waals surface area contributed by atoms with Gasteiger partial charge in [-0.25, -0.2) is 0 Å². The molecule has 2 saturated heterocycles. The molecule has 4 nitrogen and oxygen atoms in total. The van der Waals surface area contributed by atoms with E-state index in [-0.39, 0.29) is 16.6 Å². The van der Waals surface area contributed by atoms with Crippen molar-refractivity contribution in [1.82, 2.24) is 4.90 Å². The minimum Gasteiger partial charge on any atom is -0.497 e. The van der Waals surface area contributed by atoms with Gasteiger partial charge < -0.3 is 18.9 Å². The molecule has 0 bridgehead atoms. The first-order valence-corrected chi connectivity index (χ1v) is 13.2. The molecular weight excluding hydrogens is 445 g/mol. The van der Waals surface area contributed by atoms with Gasteiger partial charge in [0.1, 0.15) is 5.75 Å². The third-order valence-electron chi connectivity index (χ3n) is 8.70. The number of hydrogen-bond acceptors (Lipinski definition) is 4. The van der Waals surface area contributed by atoms with Crippen LogP contribution in [0.2, 0.25) is 0 Å². The summed E-state index contributed by atoms with van der Waals surface area (Å²) in [4.78, 5) is 2.60. The maximum Gasteiger partial charge on any atom is 0.495 e. The van der Waals surface area contributed by atoms with Gasteiger partial charge >= 0.3 is 7.12 Å². The Morgan fingerprint density at radius 1 is 0.944 bits per heavy atom. The molecule has 5 heteroatoms. The first-order chi connectivity index (χ1) is 16.9. The molecule has 36 heavy (non-hydrogen) atoms. The number of allylic oxidation sites excluding steroid dienone is 4. The summed E-state index contributed by atoms with van der Waals surface area (Å²) in [6.07, 6.45) is 3.50. The highest BCUT2D eigenvalue weighted by Crippen LogP contribution is 2.51. The topological polar surface area (TPSA) is 30.9 Å². The standard InChI is InChI=1S/C31H40BNO3/c1-21-17-25(24-11-9-10-12-27(24)32-35-30(4,5)31(6,7)36-32)28-26(18-21)29(2,3)20-33(28)19-22-13-15-23(34-8)16-14-22/h9-17,26H,18-20H2,1-8H3. The molecule has 2 fully saturated rings. The molecule has 5 rings (SSSR count). The maximum absolute atomic E-state index is 6.51. The van der Waals surface area contributed by atoms with Crippen molar-refractivity contribution in [3.05, 3.63) is 77.0 Å². The van der Waals surface area contributed by atoms with Crippen molar-refractivity contribution >= 4 is 18.2 Å². The van der Waals surface area contributed by atoms with E-state index < -0.39 is 7.12 Å². The number of hydrogen-bond donors (Lipinski definition) is 0. The fourth-order valence-corrected chi connectivity index (χ4v) is 5.94. The van der Waals surface area contributed by atoms with Crippen LogP contribution in [0.1, 0.15) is 66.0 Å². The van der Waals surface area contributed by atoms with Crippen molar-refractivity contribution in [1.29, 1.82) is 0 Å². The predicted octanol–water partition coefficient (Wildman–Crippen LogP) is 6.21. The largest absolute Gasteiger partial charge is 0.497 e. The molecule has 0 saturated carbocycles. The minimum atomic E-state index is -0.391. The lowest BCUT2D eigenvalue weighted by Gasteiger charge is -2.32. The average molecular weight is 485 g/mol. The van der Waals surface area contributed by atoms with E-state index in [0.717, 1.165) is 30.7 Å². The van der Waals surface area contributed by atoms with Crippen LogP contribution in [0.4, 0.5) is 0 Å². The van der Waals surface area contributed by atoms with Crippen molar-refractivity contribution in [3.63, 3.8) is 0 Å². The van der Waals surface area contributed by atoms with E-state index in [0.29, 0.717) is 5.92 Å². The van der Waals surface area contributed by atoms with Gasteiger partial charge in [0.05, 0.1) is 18.3 Å². The Balaban J connectivity index is 1.60. The minimum absolute atomic E-state index is 0.182. The van der Waals surface area contributed by atoms with Gasteiger partial charge in [-0.05, 0) is 75.2 Å². The number of benzene rings is 2. The maximum atomic E-state index is 6.51. The summed E-state index contributed by atoms with van der Waals surface area (Å²) in [6.45, 7) is 17.5. The molecule has 2 aromatic carbocycles. The van der Waals surface area contributed by atoms with E-state index >= 15 is 0 Å². The summed E-state index contributed by atoms with van der Waals surface area (Å²) >= 11 is 0. The van der Waals surface area contributed by atoms with Crippen LogP contribution >= 0.6 is 0 Å². The summed E-state index contributed by atoms with van der Waals surface area (Å²) in [7, 11) is 1.33. The first-order valence-electron chi connectivity index (χ1n) is 13.2. The van der Waals surface area contributed by atoms with Crippen LogP contribution in [0, 0.1) is 11.3 Å². The second kappa shape index (κ2) is 8.81. The first kappa shape index (κ1) is 25.2. The fraction of sp³-hybridized carbons (Fsp3) is 0.484. The fourth-order valence-electron chi connectivity index (χ4n) is 5.94. The molecule has 3 aliphatic rings. The summed E-state index contributed by atoms with van der Waals surface area (Å²) in [6, 6.07) is 17.1. The van der Waals surface area contributed by atoms with Crippen LogP contribution < -0.4 is 10.2 Å². The lowest BCUT2D eigenvalue weighted by molar-refractivity contribution is 0.00578. The molecule has 2 aromatic rings. The predicted molar refractivity (Wildman–Crippen MR) is 148 cm³/mol. The molecule has 0 radical (unpaired) electrons. The highest BCUT2D eigenvalue weighted by atomic mass is 16.7. The van der Waals surface area contributed by atoms with Crippen molar-refractivity contribution in [2.24, 2.45) is 11.3 Å². The highest BCUT2D eigenvalue weighted by molar-refractivity contribution is 6.63. The van der Waals surface area contributed by atoms with Crippen molar-refractivity contribution in [2.45, 2.75) is 72.6 Å². The average Bonchev–Trinajstić information content (AvgIpc) is 3.20. The summed E-state index contributed by atoms with van der Waals surface area (Å²) in [5.74, 6) is 1.37. The van der Waals surface area contributed by atoms with Gasteiger partial charge in [0.25, 0.3) is 0 Å². The van der Waals surface area contributed by atoms with Crippen LogP contribution in [0.5, 0.6) is 5.75 Å². The molecule has 0 aromatic heterocycles. The Hall–Kier alpha value is -2.50. The van der Waals surface area contributed by atoms with Crippen molar-refractivity contribution in [3.8, 4) is 5.75 Å². The van der Waals surface area contributed by atoms with Gasteiger partial charge in [0.15, 0.2) is 0 Å². The molecule has 2 heterocycles. The highest BCUT2D eigenvalue weighted by Gasteiger charge is 2.53. The Kier molecular flexibility index (Phi) is 6.16. The Labute approximate surface area is 217 Å². The second-order valence-electron chi connectivity index (χ2n) is 12.4. The number of ether oxygens (including phenoxy) is 1. The van der Waals surface area contributed by atoms with Gasteiger partial charge in [0, 0.05) is 30.3 Å². The summed E-state index contributed by atoms with van der Waals surface area (Å²) < 4.78 is 18.4. The molecular formula is C31H40BNO3. The van der Waals surface area contributed by atoms with E-state index in [4.69, 9.17) is 14.0 Å². The Morgan fingerprint density at radius 2 is 1.58 bits per heavy atom. The lowest BCUT2D eigenvalue weighted by Crippen LogP contribution is -2.41. The van der Waals surface area contributed by atoms with Crippen LogP contribution in [0.3, 0.4) is 0 Å². The monoisotopic (exact) mass is 485 g/mol. The van der Waals surface area contributed by atoms with E-state index in [1.54, 1.807) is 7.11 Å². The van der Waals surface area contributed by atoms with Crippen molar-refractivity contribution in [2.75, 3.05) is 13.7 Å². The summed E-state index contributed by atoms with van der Waals surface area (Å²) in [5.41, 5.74) is 7.25. The molecule has 2 aliphatic heterocycles. The number of rotatable bonds is 5. The SMILES string of the molecule is COc1ccc(CN2CC(C)(C)C3CC(C)=CC(c4ccccc4B4OC(C)(C)C(C)(C)O4)=C32)cc1. The van der Waals surface area contributed by atoms with E-state index in [2.05, 4.69) is 108 Å². The number of methoxy groups -OCH3 is 1. The molecule has 1 aliphatic carbocycles. The number of fused-ring (bicyclic) bond motifs is 1. The molecule has 0 amide bonds. The number of nitrogens with zero attached hydrogens (tertiary/aromatic N) is 1. The van der Waals surface area contributed by atoms with E-state index in [9.17, 15) is 0 Å². The van der Waals surface area contributed by atoms with Gasteiger partial charge in [-0.1, -0.05) is 61.9 Å². The molecule has 1 atom stereocenters. The smallest absolute Gasteiger partial charge is 0.495 e. The van der Waals surface area contributed by atoms with E-state index in [1.807, 2.05) is 0 Å². The quantitative estimate of drug-likeness (QED) is 0.471. The van der Waals surface area contributed by atoms with Crippen LogP contribution in [0.25, 0.3) is 5.57 Å². The van der Waals surface area contributed by atoms with Crippen LogP contribution in [-0.4, -0.2) is 36.9 Å². The Bertz CT molecular complexity index is 1190. The zero-order valence-corrected chi connectivity index (χ0v) is 23.1. The molecule has 190 valence electrons. The molecule has 1 unspecified atom stereocenters. The zero-order chi connectivity index (χ0) is 25.9. The van der Waals surface area contributed by atoms with E-state index in [1.165, 1.54) is 28.0 Å².